The summed E-state index contributed by atoms with van der Waals surface area (Å²) in [6, 6.07) is 8.66. The van der Waals surface area contributed by atoms with Crippen molar-refractivity contribution in [2.24, 2.45) is 0 Å². The van der Waals surface area contributed by atoms with E-state index in [0.717, 1.165) is 0 Å². The third kappa shape index (κ3) is 3.99. The van der Waals surface area contributed by atoms with Crippen LogP contribution in [-0.4, -0.2) is 24.5 Å². The van der Waals surface area contributed by atoms with Crippen LogP contribution in [0.5, 0.6) is 5.75 Å². The van der Waals surface area contributed by atoms with Gasteiger partial charge in [-0.1, -0.05) is 17.7 Å². The number of hydrogen-bond acceptors (Lipinski definition) is 4. The van der Waals surface area contributed by atoms with Crippen LogP contribution in [0.2, 0.25) is 5.02 Å². The maximum atomic E-state index is 11.9. The van der Waals surface area contributed by atoms with Crippen LogP contribution < -0.4 is 15.4 Å². The first-order valence-electron chi connectivity index (χ1n) is 6.59. The second kappa shape index (κ2) is 7.47. The van der Waals surface area contributed by atoms with E-state index in [2.05, 4.69) is 22.2 Å². The molecule has 2 N–H and O–H groups in total. The average Bonchev–Trinajstić information content (AvgIpc) is 2.53. The topological polar surface area (TPSA) is 63.2 Å². The highest BCUT2D eigenvalue weighted by Gasteiger charge is 2.09. The predicted octanol–water partition coefficient (Wildman–Crippen LogP) is 3.40. The molecule has 114 valence electrons. The molecule has 0 aliphatic carbocycles. The Kier molecular flexibility index (Phi) is 5.38. The number of benzene rings is 1. The van der Waals surface area contributed by atoms with Crippen LogP contribution in [-0.2, 0) is 0 Å². The van der Waals surface area contributed by atoms with Crippen molar-refractivity contribution >= 4 is 28.9 Å². The van der Waals surface area contributed by atoms with Crippen molar-refractivity contribution in [3.05, 3.63) is 59.9 Å². The molecule has 0 unspecified atom stereocenters. The van der Waals surface area contributed by atoms with Gasteiger partial charge in [-0.15, -0.1) is 6.58 Å². The molecule has 1 aromatic carbocycles. The van der Waals surface area contributed by atoms with E-state index in [4.69, 9.17) is 16.3 Å². The standard InChI is InChI=1S/C16H16ClN3O2/c1-3-7-19-16(21)14-10-12(6-8-18-14)20-13-9-11(17)4-5-15(13)22-2/h3-6,8-10H,1,7H2,2H3,(H,18,20)(H,19,21). The minimum absolute atomic E-state index is 0.262. The molecule has 2 rings (SSSR count). The number of methoxy groups -OCH3 is 1. The molecule has 0 fully saturated rings. The van der Waals surface area contributed by atoms with Gasteiger partial charge in [0, 0.05) is 23.5 Å². The van der Waals surface area contributed by atoms with Crippen molar-refractivity contribution < 1.29 is 9.53 Å². The van der Waals surface area contributed by atoms with Crippen LogP contribution >= 0.6 is 11.6 Å². The van der Waals surface area contributed by atoms with Crippen LogP contribution in [0.4, 0.5) is 11.4 Å². The Morgan fingerprint density at radius 3 is 2.95 bits per heavy atom. The SMILES string of the molecule is C=CCNC(=O)c1cc(Nc2cc(Cl)ccc2OC)ccn1. The number of pyridine rings is 1. The molecule has 0 aliphatic heterocycles. The smallest absolute Gasteiger partial charge is 0.270 e. The van der Waals surface area contributed by atoms with Gasteiger partial charge >= 0.3 is 0 Å². The van der Waals surface area contributed by atoms with Gasteiger partial charge in [0.05, 0.1) is 12.8 Å². The zero-order valence-electron chi connectivity index (χ0n) is 12.1. The summed E-state index contributed by atoms with van der Waals surface area (Å²) in [5.41, 5.74) is 1.73. The van der Waals surface area contributed by atoms with Gasteiger partial charge in [0.2, 0.25) is 0 Å². The number of halogens is 1. The number of anilines is 2. The molecular weight excluding hydrogens is 302 g/mol. The molecule has 1 amide bonds. The third-order valence-electron chi connectivity index (χ3n) is 2.84. The van der Waals surface area contributed by atoms with Crippen LogP contribution in [0.15, 0.2) is 49.2 Å². The third-order valence-corrected chi connectivity index (χ3v) is 3.08. The van der Waals surface area contributed by atoms with Gasteiger partial charge < -0.3 is 15.4 Å². The molecule has 0 atom stereocenters. The number of aromatic nitrogens is 1. The Hall–Kier alpha value is -2.53. The lowest BCUT2D eigenvalue weighted by molar-refractivity contribution is 0.0953. The van der Waals surface area contributed by atoms with Crippen molar-refractivity contribution in [2.75, 3.05) is 19.0 Å². The van der Waals surface area contributed by atoms with E-state index in [1.54, 1.807) is 49.7 Å². The second-order valence-electron chi connectivity index (χ2n) is 4.40. The number of rotatable bonds is 6. The summed E-state index contributed by atoms with van der Waals surface area (Å²) < 4.78 is 5.28. The normalized spacial score (nSPS) is 9.91. The van der Waals surface area contributed by atoms with Gasteiger partial charge in [0.25, 0.3) is 5.91 Å². The summed E-state index contributed by atoms with van der Waals surface area (Å²) in [5.74, 6) is 0.389. The highest BCUT2D eigenvalue weighted by Crippen LogP contribution is 2.30. The first-order valence-corrected chi connectivity index (χ1v) is 6.97. The van der Waals surface area contributed by atoms with Crippen molar-refractivity contribution in [1.29, 1.82) is 0 Å². The number of amides is 1. The Labute approximate surface area is 134 Å². The van der Waals surface area contributed by atoms with Gasteiger partial charge in [-0.3, -0.25) is 9.78 Å². The van der Waals surface area contributed by atoms with Gasteiger partial charge in [-0.05, 0) is 30.3 Å². The van der Waals surface area contributed by atoms with Gasteiger partial charge in [-0.25, -0.2) is 0 Å². The van der Waals surface area contributed by atoms with Crippen LogP contribution in [0, 0.1) is 0 Å². The summed E-state index contributed by atoms with van der Waals surface area (Å²) >= 11 is 6.00. The molecule has 0 radical (unpaired) electrons. The van der Waals surface area contributed by atoms with Crippen LogP contribution in [0.25, 0.3) is 0 Å². The van der Waals surface area contributed by atoms with Crippen molar-refractivity contribution in [1.82, 2.24) is 10.3 Å². The molecule has 0 bridgehead atoms. The van der Waals surface area contributed by atoms with Gasteiger partial charge in [0.1, 0.15) is 11.4 Å². The average molecular weight is 318 g/mol. The molecule has 1 aromatic heterocycles. The summed E-state index contributed by atoms with van der Waals surface area (Å²) in [5, 5.41) is 6.43. The second-order valence-corrected chi connectivity index (χ2v) is 4.83. The summed E-state index contributed by atoms with van der Waals surface area (Å²) in [7, 11) is 1.58. The van der Waals surface area contributed by atoms with E-state index in [1.165, 1.54) is 0 Å². The zero-order valence-corrected chi connectivity index (χ0v) is 12.9. The van der Waals surface area contributed by atoms with E-state index in [1.807, 2.05) is 0 Å². The van der Waals surface area contributed by atoms with Gasteiger partial charge in [-0.2, -0.15) is 0 Å². The summed E-state index contributed by atoms with van der Waals surface area (Å²) in [4.78, 5) is 15.9. The Balaban J connectivity index is 2.22. The Morgan fingerprint density at radius 1 is 1.41 bits per heavy atom. The molecule has 2 aromatic rings. The molecule has 0 saturated heterocycles. The van der Waals surface area contributed by atoms with E-state index < -0.39 is 0 Å². The molecule has 5 nitrogen and oxygen atoms in total. The fourth-order valence-corrected chi connectivity index (χ4v) is 1.99. The largest absolute Gasteiger partial charge is 0.495 e. The number of hydrogen-bond donors (Lipinski definition) is 2. The number of nitrogens with one attached hydrogen (secondary N) is 2. The first-order chi connectivity index (χ1) is 10.6. The van der Waals surface area contributed by atoms with Crippen LogP contribution in [0.1, 0.15) is 10.5 Å². The highest BCUT2D eigenvalue weighted by molar-refractivity contribution is 6.31. The molecule has 0 saturated carbocycles. The molecule has 6 heteroatoms. The predicted molar refractivity (Wildman–Crippen MR) is 88.1 cm³/mol. The fourth-order valence-electron chi connectivity index (χ4n) is 1.82. The monoisotopic (exact) mass is 317 g/mol. The maximum Gasteiger partial charge on any atom is 0.270 e. The maximum absolute atomic E-state index is 11.9. The van der Waals surface area contributed by atoms with Crippen molar-refractivity contribution in [3.8, 4) is 5.75 Å². The lowest BCUT2D eigenvalue weighted by atomic mass is 10.2. The molecular formula is C16H16ClN3O2. The zero-order chi connectivity index (χ0) is 15.9. The van der Waals surface area contributed by atoms with Crippen molar-refractivity contribution in [2.45, 2.75) is 0 Å². The minimum Gasteiger partial charge on any atom is -0.495 e. The van der Waals surface area contributed by atoms with E-state index in [-0.39, 0.29) is 5.91 Å². The summed E-state index contributed by atoms with van der Waals surface area (Å²) in [6.45, 7) is 3.94. The molecule has 0 aliphatic rings. The highest BCUT2D eigenvalue weighted by atomic mass is 35.5. The summed E-state index contributed by atoms with van der Waals surface area (Å²) in [6.07, 6.45) is 3.17. The fraction of sp³-hybridized carbons (Fsp3) is 0.125. The molecule has 22 heavy (non-hydrogen) atoms. The Morgan fingerprint density at radius 2 is 2.23 bits per heavy atom. The number of nitrogens with zero attached hydrogens (tertiary/aromatic N) is 1. The van der Waals surface area contributed by atoms with Crippen LogP contribution in [0.3, 0.4) is 0 Å². The minimum atomic E-state index is -0.262. The lowest BCUT2D eigenvalue weighted by Crippen LogP contribution is -2.24. The van der Waals surface area contributed by atoms with Gasteiger partial charge in [0.15, 0.2) is 0 Å². The van der Waals surface area contributed by atoms with E-state index in [0.29, 0.717) is 34.4 Å². The molecule has 0 spiro atoms. The number of ether oxygens (including phenoxy) is 1. The molecule has 1 heterocycles. The quantitative estimate of drug-likeness (QED) is 0.801. The van der Waals surface area contributed by atoms with E-state index in [9.17, 15) is 4.79 Å². The van der Waals surface area contributed by atoms with E-state index >= 15 is 0 Å². The number of carbonyl (C=O) groups is 1. The van der Waals surface area contributed by atoms with Crippen molar-refractivity contribution in [3.63, 3.8) is 0 Å². The number of carbonyl (C=O) groups excluding carboxylic acids is 1. The first kappa shape index (κ1) is 15.9. The Bertz CT molecular complexity index is 689. The lowest BCUT2D eigenvalue weighted by Gasteiger charge is -2.12.